The molecule has 0 aliphatic rings. The van der Waals surface area contributed by atoms with Crippen LogP contribution in [0, 0.1) is 0 Å². The predicted octanol–water partition coefficient (Wildman–Crippen LogP) is 3.07. The van der Waals surface area contributed by atoms with E-state index in [4.69, 9.17) is 5.73 Å². The van der Waals surface area contributed by atoms with Gasteiger partial charge in [0.25, 0.3) is 6.43 Å². The van der Waals surface area contributed by atoms with Crippen LogP contribution in [0.2, 0.25) is 0 Å². The second kappa shape index (κ2) is 4.51. The standard InChI is InChI=1S/C11H15F2N/c1-7(2)8-5-3-4-6-9(8)10(14)11(12)13/h3-7,10-11H,14H2,1-2H3. The third-order valence-corrected chi connectivity index (χ3v) is 2.25. The fourth-order valence-corrected chi connectivity index (χ4v) is 1.48. The first-order chi connectivity index (χ1) is 6.54. The van der Waals surface area contributed by atoms with Crippen LogP contribution in [0.25, 0.3) is 0 Å². The molecule has 0 fully saturated rings. The number of rotatable bonds is 3. The summed E-state index contributed by atoms with van der Waals surface area (Å²) in [6.07, 6.45) is -2.50. The first-order valence-electron chi connectivity index (χ1n) is 4.66. The molecule has 0 amide bonds. The quantitative estimate of drug-likeness (QED) is 0.795. The van der Waals surface area contributed by atoms with Crippen molar-refractivity contribution >= 4 is 0 Å². The van der Waals surface area contributed by atoms with Crippen molar-refractivity contribution in [3.63, 3.8) is 0 Å². The average molecular weight is 199 g/mol. The van der Waals surface area contributed by atoms with Gasteiger partial charge in [0.15, 0.2) is 0 Å². The van der Waals surface area contributed by atoms with Crippen molar-refractivity contribution in [1.82, 2.24) is 0 Å². The first-order valence-corrected chi connectivity index (χ1v) is 4.66. The average Bonchev–Trinajstić information content (AvgIpc) is 2.16. The Morgan fingerprint density at radius 3 is 2.00 bits per heavy atom. The second-order valence-electron chi connectivity index (χ2n) is 3.64. The van der Waals surface area contributed by atoms with E-state index < -0.39 is 12.5 Å². The molecule has 0 radical (unpaired) electrons. The van der Waals surface area contributed by atoms with Gasteiger partial charge in [0, 0.05) is 0 Å². The van der Waals surface area contributed by atoms with Gasteiger partial charge in [-0.05, 0) is 17.0 Å². The zero-order valence-electron chi connectivity index (χ0n) is 8.37. The summed E-state index contributed by atoms with van der Waals surface area (Å²) in [7, 11) is 0. The van der Waals surface area contributed by atoms with Crippen LogP contribution in [0.1, 0.15) is 36.9 Å². The zero-order chi connectivity index (χ0) is 10.7. The molecular formula is C11H15F2N. The maximum atomic E-state index is 12.4. The molecule has 0 aliphatic heterocycles. The number of hydrogen-bond donors (Lipinski definition) is 1. The topological polar surface area (TPSA) is 26.0 Å². The minimum Gasteiger partial charge on any atom is -0.319 e. The lowest BCUT2D eigenvalue weighted by molar-refractivity contribution is 0.116. The molecule has 0 saturated heterocycles. The van der Waals surface area contributed by atoms with Crippen LogP contribution in [-0.4, -0.2) is 6.43 Å². The van der Waals surface area contributed by atoms with E-state index in [-0.39, 0.29) is 5.92 Å². The van der Waals surface area contributed by atoms with Crippen molar-refractivity contribution in [2.75, 3.05) is 0 Å². The van der Waals surface area contributed by atoms with E-state index in [1.165, 1.54) is 0 Å². The number of halogens is 2. The largest absolute Gasteiger partial charge is 0.319 e. The molecule has 0 spiro atoms. The number of hydrogen-bond acceptors (Lipinski definition) is 1. The Balaban J connectivity index is 3.06. The number of benzene rings is 1. The van der Waals surface area contributed by atoms with E-state index in [2.05, 4.69) is 0 Å². The maximum absolute atomic E-state index is 12.4. The van der Waals surface area contributed by atoms with Crippen molar-refractivity contribution in [2.24, 2.45) is 5.73 Å². The number of alkyl halides is 2. The van der Waals surface area contributed by atoms with Crippen molar-refractivity contribution in [3.05, 3.63) is 35.4 Å². The Hall–Kier alpha value is -0.960. The lowest BCUT2D eigenvalue weighted by Gasteiger charge is -2.17. The van der Waals surface area contributed by atoms with Gasteiger partial charge in [-0.3, -0.25) is 0 Å². The molecule has 78 valence electrons. The Morgan fingerprint density at radius 2 is 1.57 bits per heavy atom. The Morgan fingerprint density at radius 1 is 1.07 bits per heavy atom. The maximum Gasteiger partial charge on any atom is 0.257 e. The van der Waals surface area contributed by atoms with Crippen LogP contribution >= 0.6 is 0 Å². The Kier molecular flexibility index (Phi) is 3.58. The summed E-state index contributed by atoms with van der Waals surface area (Å²) < 4.78 is 24.9. The molecule has 0 aliphatic carbocycles. The molecule has 0 bridgehead atoms. The molecule has 1 atom stereocenters. The molecule has 0 saturated carbocycles. The molecule has 1 rings (SSSR count). The third kappa shape index (κ3) is 2.29. The minimum atomic E-state index is -2.50. The summed E-state index contributed by atoms with van der Waals surface area (Å²) in [5.41, 5.74) is 6.88. The molecule has 1 unspecified atom stereocenters. The van der Waals surface area contributed by atoms with Gasteiger partial charge in [-0.2, -0.15) is 0 Å². The van der Waals surface area contributed by atoms with Gasteiger partial charge in [0.2, 0.25) is 0 Å². The van der Waals surface area contributed by atoms with E-state index in [1.54, 1.807) is 12.1 Å². The van der Waals surface area contributed by atoms with E-state index in [0.29, 0.717) is 5.56 Å². The van der Waals surface area contributed by atoms with Gasteiger partial charge in [-0.15, -0.1) is 0 Å². The summed E-state index contributed by atoms with van der Waals surface area (Å²) in [5, 5.41) is 0. The van der Waals surface area contributed by atoms with Crippen LogP contribution < -0.4 is 5.73 Å². The molecular weight excluding hydrogens is 184 g/mol. The monoisotopic (exact) mass is 199 g/mol. The molecule has 0 heterocycles. The zero-order valence-corrected chi connectivity index (χ0v) is 8.37. The van der Waals surface area contributed by atoms with Crippen molar-refractivity contribution in [3.8, 4) is 0 Å². The highest BCUT2D eigenvalue weighted by molar-refractivity contribution is 5.32. The highest BCUT2D eigenvalue weighted by Gasteiger charge is 2.20. The fraction of sp³-hybridized carbons (Fsp3) is 0.455. The van der Waals surface area contributed by atoms with Crippen LogP contribution in [-0.2, 0) is 0 Å². The van der Waals surface area contributed by atoms with Crippen LogP contribution in [0.5, 0.6) is 0 Å². The predicted molar refractivity (Wildman–Crippen MR) is 53.5 cm³/mol. The van der Waals surface area contributed by atoms with Crippen LogP contribution in [0.3, 0.4) is 0 Å². The minimum absolute atomic E-state index is 0.219. The molecule has 1 aromatic rings. The SMILES string of the molecule is CC(C)c1ccccc1C(N)C(F)F. The van der Waals surface area contributed by atoms with Gasteiger partial charge in [-0.25, -0.2) is 8.78 Å². The molecule has 3 heteroatoms. The molecule has 1 aromatic carbocycles. The lowest BCUT2D eigenvalue weighted by atomic mass is 9.93. The summed E-state index contributed by atoms with van der Waals surface area (Å²) in [5.74, 6) is 0.219. The molecule has 2 N–H and O–H groups in total. The highest BCUT2D eigenvalue weighted by Crippen LogP contribution is 2.26. The van der Waals surface area contributed by atoms with Crippen molar-refractivity contribution in [1.29, 1.82) is 0 Å². The summed E-state index contributed by atoms with van der Waals surface area (Å²) in [4.78, 5) is 0. The third-order valence-electron chi connectivity index (χ3n) is 2.25. The van der Waals surface area contributed by atoms with E-state index >= 15 is 0 Å². The summed E-state index contributed by atoms with van der Waals surface area (Å²) in [6, 6.07) is 5.93. The molecule has 14 heavy (non-hydrogen) atoms. The Labute approximate surface area is 82.9 Å². The van der Waals surface area contributed by atoms with Crippen molar-refractivity contribution in [2.45, 2.75) is 32.2 Å². The normalized spacial score (nSPS) is 13.6. The van der Waals surface area contributed by atoms with Gasteiger partial charge >= 0.3 is 0 Å². The summed E-state index contributed by atoms with van der Waals surface area (Å²) in [6.45, 7) is 3.94. The Bertz CT molecular complexity index is 297. The van der Waals surface area contributed by atoms with Crippen LogP contribution in [0.4, 0.5) is 8.78 Å². The fourth-order valence-electron chi connectivity index (χ4n) is 1.48. The lowest BCUT2D eigenvalue weighted by Crippen LogP contribution is -2.20. The van der Waals surface area contributed by atoms with E-state index in [1.807, 2.05) is 26.0 Å². The van der Waals surface area contributed by atoms with Crippen LogP contribution in [0.15, 0.2) is 24.3 Å². The summed E-state index contributed by atoms with van der Waals surface area (Å²) >= 11 is 0. The van der Waals surface area contributed by atoms with E-state index in [0.717, 1.165) is 5.56 Å². The second-order valence-corrected chi connectivity index (χ2v) is 3.64. The van der Waals surface area contributed by atoms with Gasteiger partial charge < -0.3 is 5.73 Å². The first kappa shape index (κ1) is 11.1. The highest BCUT2D eigenvalue weighted by atomic mass is 19.3. The molecule has 1 nitrogen and oxygen atoms in total. The van der Waals surface area contributed by atoms with E-state index in [9.17, 15) is 8.78 Å². The van der Waals surface area contributed by atoms with Crippen molar-refractivity contribution < 1.29 is 8.78 Å². The van der Waals surface area contributed by atoms with Gasteiger partial charge in [-0.1, -0.05) is 38.1 Å². The molecule has 0 aromatic heterocycles. The number of nitrogens with two attached hydrogens (primary N) is 1. The van der Waals surface area contributed by atoms with Gasteiger partial charge in [0.1, 0.15) is 0 Å². The van der Waals surface area contributed by atoms with Gasteiger partial charge in [0.05, 0.1) is 6.04 Å². The smallest absolute Gasteiger partial charge is 0.257 e.